The summed E-state index contributed by atoms with van der Waals surface area (Å²) in [6.07, 6.45) is 1.32. The van der Waals surface area contributed by atoms with E-state index < -0.39 is 0 Å². The Hall–Kier alpha value is -3.25. The topological polar surface area (TPSA) is 57.9 Å². The van der Waals surface area contributed by atoms with Crippen LogP contribution in [0.5, 0.6) is 23.0 Å². The van der Waals surface area contributed by atoms with Gasteiger partial charge in [-0.25, -0.2) is 0 Å². The van der Waals surface area contributed by atoms with Crippen LogP contribution in [0.1, 0.15) is 5.56 Å². The highest BCUT2D eigenvalue weighted by Gasteiger charge is 2.11. The van der Waals surface area contributed by atoms with Crippen molar-refractivity contribution in [3.8, 4) is 23.0 Å². The molecule has 1 aromatic heterocycles. The van der Waals surface area contributed by atoms with Gasteiger partial charge >= 0.3 is 0 Å². The van der Waals surface area contributed by atoms with E-state index in [2.05, 4.69) is 15.9 Å². The zero-order chi connectivity index (χ0) is 20.2. The highest BCUT2D eigenvalue weighted by Crippen LogP contribution is 2.29. The molecule has 0 aliphatic carbocycles. The third-order valence-corrected chi connectivity index (χ3v) is 4.97. The molecule has 4 aromatic rings. The maximum absolute atomic E-state index is 12.8. The Morgan fingerprint density at radius 1 is 0.931 bits per heavy atom. The standard InChI is InChI=1S/C23H17BrO5/c1-26-16-6-4-5-15(11-16)13-27-17-9-10-18-21(12-17)28-14-22(23(18)25)29-20-8-3-2-7-19(20)24/h2-12,14H,13H2,1H3. The fourth-order valence-corrected chi connectivity index (χ4v) is 3.19. The molecule has 0 aliphatic rings. The number of benzene rings is 3. The smallest absolute Gasteiger partial charge is 0.235 e. The predicted molar refractivity (Wildman–Crippen MR) is 114 cm³/mol. The van der Waals surface area contributed by atoms with Crippen LogP contribution in [0.2, 0.25) is 0 Å². The summed E-state index contributed by atoms with van der Waals surface area (Å²) in [4.78, 5) is 12.8. The van der Waals surface area contributed by atoms with Crippen LogP contribution in [-0.4, -0.2) is 7.11 Å². The van der Waals surface area contributed by atoms with Crippen LogP contribution in [0.4, 0.5) is 0 Å². The van der Waals surface area contributed by atoms with E-state index in [0.29, 0.717) is 29.1 Å². The van der Waals surface area contributed by atoms with Gasteiger partial charge in [0.05, 0.1) is 17.0 Å². The van der Waals surface area contributed by atoms with Crippen LogP contribution in [0.25, 0.3) is 11.0 Å². The fourth-order valence-electron chi connectivity index (χ4n) is 2.83. The molecule has 0 spiro atoms. The number of fused-ring (bicyclic) bond motifs is 1. The van der Waals surface area contributed by atoms with E-state index in [4.69, 9.17) is 18.6 Å². The van der Waals surface area contributed by atoms with Crippen LogP contribution in [0, 0.1) is 0 Å². The molecule has 0 radical (unpaired) electrons. The second kappa shape index (κ2) is 8.41. The average Bonchev–Trinajstić information content (AvgIpc) is 2.76. The summed E-state index contributed by atoms with van der Waals surface area (Å²) in [5.74, 6) is 2.03. The minimum Gasteiger partial charge on any atom is -0.497 e. The fraction of sp³-hybridized carbons (Fsp3) is 0.0870. The van der Waals surface area contributed by atoms with Crippen molar-refractivity contribution in [1.29, 1.82) is 0 Å². The molecule has 0 amide bonds. The molecule has 4 rings (SSSR count). The Balaban J connectivity index is 1.55. The highest BCUT2D eigenvalue weighted by molar-refractivity contribution is 9.10. The molecule has 146 valence electrons. The third-order valence-electron chi connectivity index (χ3n) is 4.31. The number of halogens is 1. The van der Waals surface area contributed by atoms with Crippen LogP contribution in [-0.2, 0) is 6.61 Å². The minimum absolute atomic E-state index is 0.120. The van der Waals surface area contributed by atoms with Crippen molar-refractivity contribution in [2.45, 2.75) is 6.61 Å². The van der Waals surface area contributed by atoms with Gasteiger partial charge in [-0.05, 0) is 57.9 Å². The quantitative estimate of drug-likeness (QED) is 0.362. The van der Waals surface area contributed by atoms with Crippen molar-refractivity contribution in [3.63, 3.8) is 0 Å². The van der Waals surface area contributed by atoms with E-state index in [-0.39, 0.29) is 11.2 Å². The van der Waals surface area contributed by atoms with Crippen molar-refractivity contribution in [1.82, 2.24) is 0 Å². The number of hydrogen-bond acceptors (Lipinski definition) is 5. The third kappa shape index (κ3) is 4.27. The van der Waals surface area contributed by atoms with Gasteiger partial charge in [-0.2, -0.15) is 0 Å². The van der Waals surface area contributed by atoms with E-state index in [0.717, 1.165) is 15.8 Å². The SMILES string of the molecule is COc1cccc(COc2ccc3c(=O)c(Oc4ccccc4Br)coc3c2)c1. The maximum atomic E-state index is 12.8. The van der Waals surface area contributed by atoms with Gasteiger partial charge < -0.3 is 18.6 Å². The summed E-state index contributed by atoms with van der Waals surface area (Å²) in [5, 5.41) is 0.420. The van der Waals surface area contributed by atoms with Crippen molar-refractivity contribution in [2.24, 2.45) is 0 Å². The molecule has 0 N–H and O–H groups in total. The van der Waals surface area contributed by atoms with E-state index in [1.807, 2.05) is 42.5 Å². The highest BCUT2D eigenvalue weighted by atomic mass is 79.9. The minimum atomic E-state index is -0.249. The zero-order valence-corrected chi connectivity index (χ0v) is 17.1. The monoisotopic (exact) mass is 452 g/mol. The van der Waals surface area contributed by atoms with E-state index in [1.54, 1.807) is 31.4 Å². The van der Waals surface area contributed by atoms with Crippen molar-refractivity contribution >= 4 is 26.9 Å². The lowest BCUT2D eigenvalue weighted by Crippen LogP contribution is -2.05. The summed E-state index contributed by atoms with van der Waals surface area (Å²) < 4.78 is 23.1. The first-order chi connectivity index (χ1) is 14.1. The van der Waals surface area contributed by atoms with E-state index >= 15 is 0 Å². The van der Waals surface area contributed by atoms with Gasteiger partial charge in [0.2, 0.25) is 11.2 Å². The van der Waals surface area contributed by atoms with E-state index in [9.17, 15) is 4.79 Å². The molecule has 3 aromatic carbocycles. The molecule has 0 atom stereocenters. The Kier molecular flexibility index (Phi) is 5.53. The van der Waals surface area contributed by atoms with Gasteiger partial charge in [0.25, 0.3) is 0 Å². The van der Waals surface area contributed by atoms with Gasteiger partial charge in [0, 0.05) is 6.07 Å². The summed E-state index contributed by atoms with van der Waals surface area (Å²) >= 11 is 3.40. The number of rotatable bonds is 6. The van der Waals surface area contributed by atoms with Crippen LogP contribution >= 0.6 is 15.9 Å². The van der Waals surface area contributed by atoms with Gasteiger partial charge in [0.1, 0.15) is 35.7 Å². The summed E-state index contributed by atoms with van der Waals surface area (Å²) in [5.41, 5.74) is 1.15. The number of ether oxygens (including phenoxy) is 3. The molecule has 0 unspecified atom stereocenters. The molecule has 0 bridgehead atoms. The molecule has 1 heterocycles. The average molecular weight is 453 g/mol. The van der Waals surface area contributed by atoms with Gasteiger partial charge in [-0.3, -0.25) is 4.79 Å². The Bertz CT molecular complexity index is 1220. The van der Waals surface area contributed by atoms with Crippen molar-refractivity contribution in [2.75, 3.05) is 7.11 Å². The first kappa shape index (κ1) is 19.1. The molecule has 0 aliphatic heterocycles. The van der Waals surface area contributed by atoms with Gasteiger partial charge in [-0.1, -0.05) is 24.3 Å². The maximum Gasteiger partial charge on any atom is 0.235 e. The summed E-state index contributed by atoms with van der Waals surface area (Å²) in [7, 11) is 1.62. The molecule has 0 fully saturated rings. The molecule has 29 heavy (non-hydrogen) atoms. The molecule has 5 nitrogen and oxygen atoms in total. The van der Waals surface area contributed by atoms with E-state index in [1.165, 1.54) is 6.26 Å². The van der Waals surface area contributed by atoms with Crippen LogP contribution < -0.4 is 19.6 Å². The summed E-state index contributed by atoms with van der Waals surface area (Å²) in [6, 6.07) is 20.1. The van der Waals surface area contributed by atoms with Gasteiger partial charge in [0.15, 0.2) is 0 Å². The Morgan fingerprint density at radius 2 is 1.79 bits per heavy atom. The van der Waals surface area contributed by atoms with Gasteiger partial charge in [-0.15, -0.1) is 0 Å². The lowest BCUT2D eigenvalue weighted by Gasteiger charge is -2.09. The van der Waals surface area contributed by atoms with Crippen LogP contribution in [0.15, 0.2) is 86.7 Å². The second-order valence-corrected chi connectivity index (χ2v) is 7.11. The number of hydrogen-bond donors (Lipinski definition) is 0. The molecular weight excluding hydrogens is 436 g/mol. The van der Waals surface area contributed by atoms with Crippen molar-refractivity contribution < 1.29 is 18.6 Å². The lowest BCUT2D eigenvalue weighted by molar-refractivity contribution is 0.305. The Morgan fingerprint density at radius 3 is 2.62 bits per heavy atom. The zero-order valence-electron chi connectivity index (χ0n) is 15.6. The largest absolute Gasteiger partial charge is 0.497 e. The molecule has 6 heteroatoms. The lowest BCUT2D eigenvalue weighted by atomic mass is 10.2. The number of para-hydroxylation sites is 1. The summed E-state index contributed by atoms with van der Waals surface area (Å²) in [6.45, 7) is 0.371. The molecule has 0 saturated heterocycles. The molecule has 0 saturated carbocycles. The van der Waals surface area contributed by atoms with Crippen LogP contribution in [0.3, 0.4) is 0 Å². The normalized spacial score (nSPS) is 10.7. The number of methoxy groups -OCH3 is 1. The second-order valence-electron chi connectivity index (χ2n) is 6.26. The Labute approximate surface area is 175 Å². The van der Waals surface area contributed by atoms with Crippen molar-refractivity contribution in [3.05, 3.63) is 93.3 Å². The predicted octanol–water partition coefficient (Wildman–Crippen LogP) is 5.94. The first-order valence-electron chi connectivity index (χ1n) is 8.88. The first-order valence-corrected chi connectivity index (χ1v) is 9.67. The molecular formula is C23H17BrO5.